The van der Waals surface area contributed by atoms with Gasteiger partial charge < -0.3 is 8.83 Å². The Hall–Kier alpha value is -4.18. The van der Waals surface area contributed by atoms with Crippen LogP contribution in [-0.4, -0.2) is 9.97 Å². The van der Waals surface area contributed by atoms with E-state index in [-0.39, 0.29) is 0 Å². The summed E-state index contributed by atoms with van der Waals surface area (Å²) in [7, 11) is 0. The first-order valence-electron chi connectivity index (χ1n) is 9.76. The monoisotopic (exact) mass is 388 g/mol. The summed E-state index contributed by atoms with van der Waals surface area (Å²) in [5, 5.41) is 0. The van der Waals surface area contributed by atoms with Crippen LogP contribution in [0.5, 0.6) is 0 Å². The Bertz CT molecular complexity index is 1370. The predicted octanol–water partition coefficient (Wildman–Crippen LogP) is 6.97. The summed E-state index contributed by atoms with van der Waals surface area (Å²) in [4.78, 5) is 9.22. The van der Waals surface area contributed by atoms with Crippen LogP contribution in [-0.2, 0) is 0 Å². The van der Waals surface area contributed by atoms with Gasteiger partial charge in [-0.05, 0) is 59.7 Å². The fourth-order valence-electron chi connectivity index (χ4n) is 3.62. The molecule has 2 aromatic heterocycles. The molecular weight excluding hydrogens is 372 g/mol. The van der Waals surface area contributed by atoms with Gasteiger partial charge in [-0.25, -0.2) is 9.97 Å². The van der Waals surface area contributed by atoms with Crippen molar-refractivity contribution in [1.82, 2.24) is 9.97 Å². The molecule has 2 heterocycles. The Morgan fingerprint density at radius 1 is 0.433 bits per heavy atom. The number of hydrogen-bond acceptors (Lipinski definition) is 4. The van der Waals surface area contributed by atoms with Crippen LogP contribution >= 0.6 is 0 Å². The van der Waals surface area contributed by atoms with Gasteiger partial charge in [-0.3, -0.25) is 0 Å². The number of rotatable bonds is 3. The van der Waals surface area contributed by atoms with Gasteiger partial charge in [0.25, 0.3) is 0 Å². The van der Waals surface area contributed by atoms with Gasteiger partial charge in [0.15, 0.2) is 11.2 Å². The summed E-state index contributed by atoms with van der Waals surface area (Å²) < 4.78 is 12.0. The molecule has 0 N–H and O–H groups in total. The van der Waals surface area contributed by atoms with Gasteiger partial charge in [-0.15, -0.1) is 0 Å². The second kappa shape index (κ2) is 6.71. The smallest absolute Gasteiger partial charge is 0.227 e. The number of benzene rings is 4. The highest BCUT2D eigenvalue weighted by atomic mass is 16.4. The third-order valence-corrected chi connectivity index (χ3v) is 5.15. The van der Waals surface area contributed by atoms with Crippen molar-refractivity contribution in [3.63, 3.8) is 0 Å². The van der Waals surface area contributed by atoms with E-state index >= 15 is 0 Å². The first-order valence-corrected chi connectivity index (χ1v) is 9.76. The van der Waals surface area contributed by atoms with E-state index in [2.05, 4.69) is 22.1 Å². The van der Waals surface area contributed by atoms with E-state index < -0.39 is 0 Å². The Morgan fingerprint density at radius 3 is 1.30 bits per heavy atom. The highest BCUT2D eigenvalue weighted by molar-refractivity contribution is 5.86. The molecular formula is C26H16N2O2. The van der Waals surface area contributed by atoms with E-state index in [9.17, 15) is 0 Å². The number of hydrogen-bond donors (Lipinski definition) is 0. The van der Waals surface area contributed by atoms with Crippen molar-refractivity contribution in [3.05, 3.63) is 97.1 Å². The molecule has 30 heavy (non-hydrogen) atoms. The third-order valence-electron chi connectivity index (χ3n) is 5.15. The van der Waals surface area contributed by atoms with Crippen LogP contribution in [0.15, 0.2) is 106 Å². The summed E-state index contributed by atoms with van der Waals surface area (Å²) >= 11 is 0. The lowest BCUT2D eigenvalue weighted by atomic mass is 10.1. The summed E-state index contributed by atoms with van der Waals surface area (Å²) in [6.45, 7) is 0. The van der Waals surface area contributed by atoms with Crippen LogP contribution in [0.2, 0.25) is 0 Å². The topological polar surface area (TPSA) is 52.1 Å². The van der Waals surface area contributed by atoms with Crippen molar-refractivity contribution in [3.8, 4) is 34.0 Å². The molecule has 0 bridgehead atoms. The molecule has 142 valence electrons. The summed E-state index contributed by atoms with van der Waals surface area (Å²) in [6.07, 6.45) is 0. The van der Waals surface area contributed by atoms with E-state index in [0.717, 1.165) is 44.5 Å². The predicted molar refractivity (Wildman–Crippen MR) is 118 cm³/mol. The molecule has 0 aliphatic carbocycles. The van der Waals surface area contributed by atoms with Gasteiger partial charge in [0.1, 0.15) is 11.0 Å². The zero-order valence-electron chi connectivity index (χ0n) is 15.9. The van der Waals surface area contributed by atoms with E-state index in [4.69, 9.17) is 8.83 Å². The largest absolute Gasteiger partial charge is 0.436 e. The van der Waals surface area contributed by atoms with Crippen molar-refractivity contribution < 1.29 is 8.83 Å². The average Bonchev–Trinajstić information content (AvgIpc) is 3.43. The van der Waals surface area contributed by atoms with Gasteiger partial charge in [0, 0.05) is 11.1 Å². The molecule has 0 aliphatic heterocycles. The lowest BCUT2D eigenvalue weighted by Gasteiger charge is -2.00. The maximum Gasteiger partial charge on any atom is 0.227 e. The highest BCUT2D eigenvalue weighted by Gasteiger charge is 2.12. The van der Waals surface area contributed by atoms with E-state index in [1.54, 1.807) is 0 Å². The summed E-state index contributed by atoms with van der Waals surface area (Å²) in [5.41, 5.74) is 7.20. The van der Waals surface area contributed by atoms with Crippen LogP contribution in [0.4, 0.5) is 0 Å². The molecule has 0 saturated carbocycles. The molecule has 6 aromatic rings. The first kappa shape index (κ1) is 16.7. The van der Waals surface area contributed by atoms with Crippen molar-refractivity contribution >= 4 is 22.2 Å². The number of oxazole rings is 2. The molecule has 4 nitrogen and oxygen atoms in total. The van der Waals surface area contributed by atoms with Crippen molar-refractivity contribution in [1.29, 1.82) is 0 Å². The maximum absolute atomic E-state index is 6.02. The second-order valence-electron chi connectivity index (χ2n) is 7.14. The Kier molecular flexibility index (Phi) is 3.74. The van der Waals surface area contributed by atoms with Gasteiger partial charge in [-0.1, -0.05) is 48.5 Å². The molecule has 0 atom stereocenters. The quantitative estimate of drug-likeness (QED) is 0.328. The minimum atomic E-state index is 0.626. The highest BCUT2D eigenvalue weighted by Crippen LogP contribution is 2.31. The molecule has 6 rings (SSSR count). The van der Waals surface area contributed by atoms with Crippen LogP contribution < -0.4 is 0 Å². The number of aromatic nitrogens is 2. The summed E-state index contributed by atoms with van der Waals surface area (Å²) in [5.74, 6) is 1.25. The zero-order chi connectivity index (χ0) is 19.9. The summed E-state index contributed by atoms with van der Waals surface area (Å²) in [6, 6.07) is 32.0. The van der Waals surface area contributed by atoms with Gasteiger partial charge in [0.05, 0.1) is 0 Å². The molecule has 4 heteroatoms. The molecule has 0 fully saturated rings. The fraction of sp³-hybridized carbons (Fsp3) is 0. The SMILES string of the molecule is c1ccc(-c2nc3ccc(-c4ccc5nc(-c6ccccc6)oc5c4)cc3o2)cc1. The molecule has 0 saturated heterocycles. The first-order chi connectivity index (χ1) is 14.8. The minimum absolute atomic E-state index is 0.626. The maximum atomic E-state index is 6.02. The van der Waals surface area contributed by atoms with Crippen molar-refractivity contribution in [2.45, 2.75) is 0 Å². The second-order valence-corrected chi connectivity index (χ2v) is 7.14. The molecule has 4 aromatic carbocycles. The molecule has 0 spiro atoms. The lowest BCUT2D eigenvalue weighted by molar-refractivity contribution is 0.619. The Labute approximate surface area is 172 Å². The van der Waals surface area contributed by atoms with Crippen LogP contribution in [0.3, 0.4) is 0 Å². The Morgan fingerprint density at radius 2 is 0.867 bits per heavy atom. The molecule has 0 aliphatic rings. The zero-order valence-corrected chi connectivity index (χ0v) is 15.9. The van der Waals surface area contributed by atoms with E-state index in [1.807, 2.05) is 84.9 Å². The molecule has 0 radical (unpaired) electrons. The molecule has 0 amide bonds. The van der Waals surface area contributed by atoms with Crippen molar-refractivity contribution in [2.24, 2.45) is 0 Å². The average molecular weight is 388 g/mol. The number of fused-ring (bicyclic) bond motifs is 2. The fourth-order valence-corrected chi connectivity index (χ4v) is 3.62. The normalized spacial score (nSPS) is 11.3. The van der Waals surface area contributed by atoms with Crippen LogP contribution in [0.1, 0.15) is 0 Å². The minimum Gasteiger partial charge on any atom is -0.436 e. The van der Waals surface area contributed by atoms with Gasteiger partial charge >= 0.3 is 0 Å². The number of nitrogens with zero attached hydrogens (tertiary/aromatic N) is 2. The third kappa shape index (κ3) is 2.86. The standard InChI is InChI=1S/C26H16N2O2/c1-3-7-17(8-4-1)25-27-21-13-11-19(15-23(21)29-25)20-12-14-22-24(16-20)30-26(28-22)18-9-5-2-6-10-18/h1-16H. The Balaban J connectivity index is 1.40. The van der Waals surface area contributed by atoms with E-state index in [1.165, 1.54) is 0 Å². The van der Waals surface area contributed by atoms with Crippen LogP contribution in [0.25, 0.3) is 56.2 Å². The lowest BCUT2D eigenvalue weighted by Crippen LogP contribution is -1.78. The van der Waals surface area contributed by atoms with Gasteiger partial charge in [-0.2, -0.15) is 0 Å². The molecule has 0 unspecified atom stereocenters. The van der Waals surface area contributed by atoms with Gasteiger partial charge in [0.2, 0.25) is 11.8 Å². The van der Waals surface area contributed by atoms with Crippen molar-refractivity contribution in [2.75, 3.05) is 0 Å². The van der Waals surface area contributed by atoms with E-state index in [0.29, 0.717) is 11.8 Å². The van der Waals surface area contributed by atoms with Crippen LogP contribution in [0, 0.1) is 0 Å².